The summed E-state index contributed by atoms with van der Waals surface area (Å²) in [6, 6.07) is 16.6. The molecule has 0 spiro atoms. The summed E-state index contributed by atoms with van der Waals surface area (Å²) in [6.07, 6.45) is 1.22. The van der Waals surface area contributed by atoms with Crippen molar-refractivity contribution >= 4 is 28.7 Å². The third-order valence-electron chi connectivity index (χ3n) is 4.09. The number of halogens is 1. The van der Waals surface area contributed by atoms with E-state index >= 15 is 0 Å². The van der Waals surface area contributed by atoms with Gasteiger partial charge < -0.3 is 9.15 Å². The first-order chi connectivity index (χ1) is 13.3. The van der Waals surface area contributed by atoms with Crippen molar-refractivity contribution in [1.29, 1.82) is 0 Å². The molecule has 0 atom stereocenters. The van der Waals surface area contributed by atoms with E-state index in [0.29, 0.717) is 33.4 Å². The Labute approximate surface area is 167 Å². The third kappa shape index (κ3) is 3.66. The number of carbonyl (C=O) groups is 1. The van der Waals surface area contributed by atoms with Crippen LogP contribution < -0.4 is 0 Å². The molecule has 0 radical (unpaired) electrons. The van der Waals surface area contributed by atoms with Gasteiger partial charge >= 0.3 is 6.09 Å². The van der Waals surface area contributed by atoms with Crippen LogP contribution in [0.4, 0.5) is 4.79 Å². The molecule has 0 unspecified atom stereocenters. The first-order valence-electron chi connectivity index (χ1n) is 8.88. The lowest BCUT2D eigenvalue weighted by Gasteiger charge is -2.20. The Morgan fingerprint density at radius 2 is 1.86 bits per heavy atom. The highest BCUT2D eigenvalue weighted by atomic mass is 35.5. The maximum absolute atomic E-state index is 12.5. The minimum absolute atomic E-state index is 0.446. The lowest BCUT2D eigenvalue weighted by molar-refractivity contribution is 0.0540. The largest absolute Gasteiger partial charge is 0.454 e. The van der Waals surface area contributed by atoms with E-state index in [1.165, 1.54) is 4.57 Å². The molecule has 0 N–H and O–H groups in total. The summed E-state index contributed by atoms with van der Waals surface area (Å²) in [4.78, 5) is 17.2. The quantitative estimate of drug-likeness (QED) is 0.394. The number of rotatable bonds is 2. The SMILES string of the molecule is CC(C)(C)OC(=O)n1cccc1-c1cccc(-c2cc3ccc(Cl)cc3o2)n1. The van der Waals surface area contributed by atoms with Crippen LogP contribution in [0.2, 0.25) is 5.02 Å². The Kier molecular flexibility index (Phi) is 4.47. The molecule has 3 aromatic heterocycles. The van der Waals surface area contributed by atoms with Crippen molar-refractivity contribution in [3.8, 4) is 22.8 Å². The highest BCUT2D eigenvalue weighted by Crippen LogP contribution is 2.30. The molecule has 0 aliphatic carbocycles. The molecule has 0 fully saturated rings. The van der Waals surface area contributed by atoms with Crippen molar-refractivity contribution in [2.45, 2.75) is 26.4 Å². The molecule has 1 aromatic carbocycles. The first-order valence-corrected chi connectivity index (χ1v) is 9.25. The predicted molar refractivity (Wildman–Crippen MR) is 110 cm³/mol. The van der Waals surface area contributed by atoms with Crippen LogP contribution in [0, 0.1) is 0 Å². The zero-order chi connectivity index (χ0) is 19.9. The number of carbonyl (C=O) groups excluding carboxylic acids is 1. The zero-order valence-electron chi connectivity index (χ0n) is 15.8. The molecule has 4 aromatic rings. The van der Waals surface area contributed by atoms with Crippen molar-refractivity contribution in [3.05, 3.63) is 65.8 Å². The van der Waals surface area contributed by atoms with Gasteiger partial charge in [0.15, 0.2) is 5.76 Å². The smallest absolute Gasteiger partial charge is 0.419 e. The molecule has 28 heavy (non-hydrogen) atoms. The number of hydrogen-bond donors (Lipinski definition) is 0. The molecule has 0 aliphatic heterocycles. The Morgan fingerprint density at radius 1 is 1.07 bits per heavy atom. The average Bonchev–Trinajstić information content (AvgIpc) is 3.27. The molecule has 0 aliphatic rings. The highest BCUT2D eigenvalue weighted by molar-refractivity contribution is 6.31. The van der Waals surface area contributed by atoms with Crippen LogP contribution >= 0.6 is 11.6 Å². The van der Waals surface area contributed by atoms with Crippen LogP contribution in [0.3, 0.4) is 0 Å². The first kappa shape index (κ1) is 18.3. The maximum atomic E-state index is 12.5. The number of fused-ring (bicyclic) bond motifs is 1. The van der Waals surface area contributed by atoms with E-state index in [9.17, 15) is 4.79 Å². The van der Waals surface area contributed by atoms with Gasteiger partial charge in [0.2, 0.25) is 0 Å². The van der Waals surface area contributed by atoms with E-state index in [2.05, 4.69) is 4.98 Å². The van der Waals surface area contributed by atoms with Gasteiger partial charge in [-0.3, -0.25) is 4.57 Å². The number of furan rings is 1. The van der Waals surface area contributed by atoms with Crippen LogP contribution in [0.25, 0.3) is 33.8 Å². The van der Waals surface area contributed by atoms with Crippen molar-refractivity contribution in [1.82, 2.24) is 9.55 Å². The Balaban J connectivity index is 1.72. The fourth-order valence-electron chi connectivity index (χ4n) is 2.91. The predicted octanol–water partition coefficient (Wildman–Crippen LogP) is 6.40. The van der Waals surface area contributed by atoms with E-state index in [-0.39, 0.29) is 0 Å². The lowest BCUT2D eigenvalue weighted by atomic mass is 10.2. The Morgan fingerprint density at radius 3 is 2.64 bits per heavy atom. The molecular formula is C22H19ClN2O3. The Bertz CT molecular complexity index is 1170. The second-order valence-electron chi connectivity index (χ2n) is 7.44. The molecule has 0 saturated heterocycles. The van der Waals surface area contributed by atoms with Crippen LogP contribution in [0.5, 0.6) is 0 Å². The molecule has 0 saturated carbocycles. The van der Waals surface area contributed by atoms with Crippen LogP contribution in [-0.4, -0.2) is 21.2 Å². The van der Waals surface area contributed by atoms with Crippen LogP contribution in [0.1, 0.15) is 20.8 Å². The maximum Gasteiger partial charge on any atom is 0.419 e. The van der Waals surface area contributed by atoms with E-state index in [0.717, 1.165) is 5.39 Å². The number of benzene rings is 1. The van der Waals surface area contributed by atoms with Gasteiger partial charge in [-0.2, -0.15) is 0 Å². The monoisotopic (exact) mass is 394 g/mol. The van der Waals surface area contributed by atoms with Gasteiger partial charge in [0.05, 0.1) is 11.4 Å². The van der Waals surface area contributed by atoms with Crippen molar-refractivity contribution in [2.24, 2.45) is 0 Å². The van der Waals surface area contributed by atoms with Crippen LogP contribution in [-0.2, 0) is 4.74 Å². The average molecular weight is 395 g/mol. The van der Waals surface area contributed by atoms with Crippen LogP contribution in [0.15, 0.2) is 65.2 Å². The summed E-state index contributed by atoms with van der Waals surface area (Å²) in [7, 11) is 0. The van der Waals surface area contributed by atoms with Gasteiger partial charge in [0.1, 0.15) is 16.9 Å². The lowest BCUT2D eigenvalue weighted by Crippen LogP contribution is -2.27. The zero-order valence-corrected chi connectivity index (χ0v) is 16.5. The normalized spacial score (nSPS) is 11.7. The number of pyridine rings is 1. The van der Waals surface area contributed by atoms with Gasteiger partial charge in [-0.25, -0.2) is 9.78 Å². The number of ether oxygens (including phenoxy) is 1. The topological polar surface area (TPSA) is 57.3 Å². The van der Waals surface area contributed by atoms with E-state index in [1.807, 2.05) is 63.2 Å². The number of aromatic nitrogens is 2. The second kappa shape index (κ2) is 6.84. The van der Waals surface area contributed by atoms with Gasteiger partial charge in [-0.15, -0.1) is 0 Å². The Hall–Kier alpha value is -3.05. The summed E-state index contributed by atoms with van der Waals surface area (Å²) in [5, 5.41) is 1.56. The molecule has 5 nitrogen and oxygen atoms in total. The van der Waals surface area contributed by atoms with Gasteiger partial charge in [0.25, 0.3) is 0 Å². The van der Waals surface area contributed by atoms with E-state index in [1.54, 1.807) is 18.3 Å². The molecule has 0 amide bonds. The van der Waals surface area contributed by atoms with Gasteiger partial charge in [-0.1, -0.05) is 17.7 Å². The molecule has 3 heterocycles. The number of nitrogens with zero attached hydrogens (tertiary/aromatic N) is 2. The molecule has 4 rings (SSSR count). The van der Waals surface area contributed by atoms with Crippen molar-refractivity contribution in [2.75, 3.05) is 0 Å². The third-order valence-corrected chi connectivity index (χ3v) is 4.32. The number of hydrogen-bond acceptors (Lipinski definition) is 4. The summed E-state index contributed by atoms with van der Waals surface area (Å²) < 4.78 is 12.8. The summed E-state index contributed by atoms with van der Waals surface area (Å²) in [5.74, 6) is 0.634. The van der Waals surface area contributed by atoms with Crippen molar-refractivity contribution < 1.29 is 13.9 Å². The van der Waals surface area contributed by atoms with E-state index in [4.69, 9.17) is 20.8 Å². The summed E-state index contributed by atoms with van der Waals surface area (Å²) in [5.41, 5.74) is 2.08. The fraction of sp³-hybridized carbons (Fsp3) is 0.182. The minimum atomic E-state index is -0.580. The fourth-order valence-corrected chi connectivity index (χ4v) is 3.07. The highest BCUT2D eigenvalue weighted by Gasteiger charge is 2.20. The molecule has 0 bridgehead atoms. The van der Waals surface area contributed by atoms with Gasteiger partial charge in [-0.05, 0) is 63.2 Å². The standard InChI is InChI=1S/C22H19ClN2O3/c1-22(2,3)28-21(26)25-11-5-8-18(25)16-6-4-7-17(24-16)20-12-14-9-10-15(23)13-19(14)27-20/h4-13H,1-3H3. The molecule has 6 heteroatoms. The van der Waals surface area contributed by atoms with Crippen molar-refractivity contribution in [3.63, 3.8) is 0 Å². The van der Waals surface area contributed by atoms with E-state index < -0.39 is 11.7 Å². The summed E-state index contributed by atoms with van der Waals surface area (Å²) >= 11 is 6.04. The van der Waals surface area contributed by atoms with Gasteiger partial charge in [0, 0.05) is 22.7 Å². The molecule has 142 valence electrons. The molecular weight excluding hydrogens is 376 g/mol. The summed E-state index contributed by atoms with van der Waals surface area (Å²) in [6.45, 7) is 5.50. The minimum Gasteiger partial charge on any atom is -0.454 e. The second-order valence-corrected chi connectivity index (χ2v) is 7.88.